The second kappa shape index (κ2) is 5.89. The monoisotopic (exact) mass is 261 g/mol. The summed E-state index contributed by atoms with van der Waals surface area (Å²) in [5.74, 6) is 0.305. The van der Waals surface area contributed by atoms with Gasteiger partial charge in [-0.05, 0) is 25.0 Å². The van der Waals surface area contributed by atoms with Crippen LogP contribution in [0.4, 0.5) is 0 Å². The molecule has 0 saturated carbocycles. The molecule has 0 aliphatic heterocycles. The molecule has 0 aliphatic rings. The van der Waals surface area contributed by atoms with E-state index < -0.39 is 0 Å². The van der Waals surface area contributed by atoms with Crippen LogP contribution in [-0.4, -0.2) is 24.2 Å². The molecule has 4 nitrogen and oxygen atoms in total. The summed E-state index contributed by atoms with van der Waals surface area (Å²) in [6.07, 6.45) is 0. The summed E-state index contributed by atoms with van der Waals surface area (Å²) in [6, 6.07) is 9.59. The number of furan rings is 1. The normalized spacial score (nSPS) is 14.3. The second-order valence-corrected chi connectivity index (χ2v) is 4.94. The standard InChI is InChI=1S/C15H19NO3/c1-10(9-17)8-16-15(18)11(2)14-7-12-5-3-4-6-13(12)19-14/h3-7,10-11,17H,8-9H2,1-2H3,(H,16,18). The van der Waals surface area contributed by atoms with Gasteiger partial charge in [0.05, 0.1) is 5.92 Å². The molecule has 2 atom stereocenters. The molecule has 0 saturated heterocycles. The summed E-state index contributed by atoms with van der Waals surface area (Å²) in [4.78, 5) is 12.0. The van der Waals surface area contributed by atoms with Crippen LogP contribution in [-0.2, 0) is 4.79 Å². The fourth-order valence-corrected chi connectivity index (χ4v) is 1.84. The van der Waals surface area contributed by atoms with Gasteiger partial charge in [-0.15, -0.1) is 0 Å². The SMILES string of the molecule is CC(CO)CNC(=O)C(C)c1cc2ccccc2o1. The van der Waals surface area contributed by atoms with Gasteiger partial charge >= 0.3 is 0 Å². The molecule has 2 aromatic rings. The highest BCUT2D eigenvalue weighted by atomic mass is 16.3. The summed E-state index contributed by atoms with van der Waals surface area (Å²) in [6.45, 7) is 4.24. The third kappa shape index (κ3) is 3.15. The fourth-order valence-electron chi connectivity index (χ4n) is 1.84. The van der Waals surface area contributed by atoms with Crippen molar-refractivity contribution in [2.75, 3.05) is 13.2 Å². The number of rotatable bonds is 5. The number of carbonyl (C=O) groups is 1. The van der Waals surface area contributed by atoms with Gasteiger partial charge in [-0.1, -0.05) is 25.1 Å². The van der Waals surface area contributed by atoms with E-state index in [0.717, 1.165) is 11.0 Å². The van der Waals surface area contributed by atoms with Gasteiger partial charge in [0, 0.05) is 18.5 Å². The molecule has 0 aliphatic carbocycles. The Morgan fingerprint density at radius 1 is 1.37 bits per heavy atom. The van der Waals surface area contributed by atoms with E-state index in [0.29, 0.717) is 12.3 Å². The molecule has 2 rings (SSSR count). The van der Waals surface area contributed by atoms with E-state index in [4.69, 9.17) is 9.52 Å². The Kier molecular flexibility index (Phi) is 4.22. The summed E-state index contributed by atoms with van der Waals surface area (Å²) in [7, 11) is 0. The maximum absolute atomic E-state index is 12.0. The van der Waals surface area contributed by atoms with E-state index >= 15 is 0 Å². The Balaban J connectivity index is 2.06. The summed E-state index contributed by atoms with van der Waals surface area (Å²) >= 11 is 0. The highest BCUT2D eigenvalue weighted by molar-refractivity contribution is 5.85. The lowest BCUT2D eigenvalue weighted by Crippen LogP contribution is -2.32. The van der Waals surface area contributed by atoms with Gasteiger partial charge in [0.25, 0.3) is 0 Å². The highest BCUT2D eigenvalue weighted by Gasteiger charge is 2.19. The predicted molar refractivity (Wildman–Crippen MR) is 73.9 cm³/mol. The molecule has 0 fully saturated rings. The molecule has 1 heterocycles. The van der Waals surface area contributed by atoms with E-state index in [-0.39, 0.29) is 24.3 Å². The lowest BCUT2D eigenvalue weighted by Gasteiger charge is -2.12. The van der Waals surface area contributed by atoms with E-state index in [1.54, 1.807) is 0 Å². The first-order valence-corrected chi connectivity index (χ1v) is 6.49. The number of fused-ring (bicyclic) bond motifs is 1. The number of aliphatic hydroxyl groups is 1. The van der Waals surface area contributed by atoms with Crippen LogP contribution in [0.15, 0.2) is 34.7 Å². The molecular weight excluding hydrogens is 242 g/mol. The molecule has 0 spiro atoms. The first kappa shape index (κ1) is 13.6. The van der Waals surface area contributed by atoms with Crippen LogP contribution in [0.2, 0.25) is 0 Å². The lowest BCUT2D eigenvalue weighted by molar-refractivity contribution is -0.122. The number of benzene rings is 1. The minimum absolute atomic E-state index is 0.0619. The molecule has 1 aromatic heterocycles. The number of hydrogen-bond acceptors (Lipinski definition) is 3. The van der Waals surface area contributed by atoms with Crippen LogP contribution in [0.25, 0.3) is 11.0 Å². The quantitative estimate of drug-likeness (QED) is 0.868. The van der Waals surface area contributed by atoms with Gasteiger partial charge in [0.15, 0.2) is 0 Å². The van der Waals surface area contributed by atoms with E-state index in [9.17, 15) is 4.79 Å². The van der Waals surface area contributed by atoms with Crippen LogP contribution in [0.3, 0.4) is 0 Å². The average molecular weight is 261 g/mol. The van der Waals surface area contributed by atoms with Crippen molar-refractivity contribution in [3.63, 3.8) is 0 Å². The zero-order valence-corrected chi connectivity index (χ0v) is 11.2. The molecule has 102 valence electrons. The zero-order valence-electron chi connectivity index (χ0n) is 11.2. The first-order valence-electron chi connectivity index (χ1n) is 6.49. The number of para-hydroxylation sites is 1. The molecule has 1 amide bonds. The van der Waals surface area contributed by atoms with Gasteiger partial charge in [-0.2, -0.15) is 0 Å². The summed E-state index contributed by atoms with van der Waals surface area (Å²) < 4.78 is 5.67. The Morgan fingerprint density at radius 3 is 2.79 bits per heavy atom. The minimum atomic E-state index is -0.335. The van der Waals surface area contributed by atoms with Crippen molar-refractivity contribution in [3.05, 3.63) is 36.1 Å². The van der Waals surface area contributed by atoms with Crippen LogP contribution in [0.5, 0.6) is 0 Å². The summed E-state index contributed by atoms with van der Waals surface area (Å²) in [5.41, 5.74) is 0.792. The van der Waals surface area contributed by atoms with Gasteiger partial charge in [0.2, 0.25) is 5.91 Å². The number of carbonyl (C=O) groups excluding carboxylic acids is 1. The largest absolute Gasteiger partial charge is 0.460 e. The van der Waals surface area contributed by atoms with Crippen molar-refractivity contribution in [3.8, 4) is 0 Å². The average Bonchev–Trinajstić information content (AvgIpc) is 2.87. The molecule has 1 aromatic carbocycles. The Hall–Kier alpha value is -1.81. The van der Waals surface area contributed by atoms with Gasteiger partial charge in [-0.3, -0.25) is 4.79 Å². The molecule has 0 radical (unpaired) electrons. The van der Waals surface area contributed by atoms with E-state index in [2.05, 4.69) is 5.32 Å². The molecule has 0 bridgehead atoms. The van der Waals surface area contributed by atoms with Crippen LogP contribution >= 0.6 is 0 Å². The van der Waals surface area contributed by atoms with Crippen LogP contribution < -0.4 is 5.32 Å². The lowest BCUT2D eigenvalue weighted by atomic mass is 10.1. The van der Waals surface area contributed by atoms with Gasteiger partial charge < -0.3 is 14.8 Å². The van der Waals surface area contributed by atoms with Crippen molar-refractivity contribution >= 4 is 16.9 Å². The summed E-state index contributed by atoms with van der Waals surface area (Å²) in [5, 5.41) is 12.7. The maximum Gasteiger partial charge on any atom is 0.230 e. The molecule has 2 N–H and O–H groups in total. The fraction of sp³-hybridized carbons (Fsp3) is 0.400. The number of aliphatic hydroxyl groups excluding tert-OH is 1. The molecule has 19 heavy (non-hydrogen) atoms. The number of hydrogen-bond donors (Lipinski definition) is 2. The topological polar surface area (TPSA) is 62.5 Å². The third-order valence-corrected chi connectivity index (χ3v) is 3.20. The van der Waals surface area contributed by atoms with Crippen molar-refractivity contribution in [2.45, 2.75) is 19.8 Å². The van der Waals surface area contributed by atoms with Gasteiger partial charge in [-0.25, -0.2) is 0 Å². The van der Waals surface area contributed by atoms with Crippen molar-refractivity contribution < 1.29 is 14.3 Å². The predicted octanol–water partition coefficient (Wildman–Crippen LogP) is 2.28. The number of amides is 1. The highest BCUT2D eigenvalue weighted by Crippen LogP contribution is 2.24. The van der Waals surface area contributed by atoms with E-state index in [1.807, 2.05) is 44.2 Å². The molecular formula is C15H19NO3. The minimum Gasteiger partial charge on any atom is -0.460 e. The van der Waals surface area contributed by atoms with Crippen LogP contribution in [0, 0.1) is 5.92 Å². The Bertz CT molecular complexity index is 528. The Labute approximate surface area is 112 Å². The van der Waals surface area contributed by atoms with E-state index in [1.165, 1.54) is 0 Å². The molecule has 4 heteroatoms. The first-order chi connectivity index (χ1) is 9.11. The maximum atomic E-state index is 12.0. The van der Waals surface area contributed by atoms with Crippen molar-refractivity contribution in [1.82, 2.24) is 5.32 Å². The Morgan fingerprint density at radius 2 is 2.11 bits per heavy atom. The van der Waals surface area contributed by atoms with Crippen molar-refractivity contribution in [1.29, 1.82) is 0 Å². The zero-order chi connectivity index (χ0) is 13.8. The second-order valence-electron chi connectivity index (χ2n) is 4.94. The van der Waals surface area contributed by atoms with Crippen LogP contribution in [0.1, 0.15) is 25.5 Å². The smallest absolute Gasteiger partial charge is 0.230 e. The third-order valence-electron chi connectivity index (χ3n) is 3.20. The number of nitrogens with one attached hydrogen (secondary N) is 1. The molecule has 2 unspecified atom stereocenters. The van der Waals surface area contributed by atoms with Gasteiger partial charge in [0.1, 0.15) is 11.3 Å². The van der Waals surface area contributed by atoms with Crippen molar-refractivity contribution in [2.24, 2.45) is 5.92 Å².